The average Bonchev–Trinajstić information content (AvgIpc) is 2.49. The van der Waals surface area contributed by atoms with E-state index in [2.05, 4.69) is 4.90 Å². The number of hydrogen-bond acceptors (Lipinski definition) is 4. The molecule has 1 N–H and O–H groups in total. The van der Waals surface area contributed by atoms with E-state index in [1.54, 1.807) is 0 Å². The molecule has 1 rings (SSSR count). The van der Waals surface area contributed by atoms with Gasteiger partial charge in [-0.1, -0.05) is 0 Å². The van der Waals surface area contributed by atoms with Crippen LogP contribution in [0.15, 0.2) is 0 Å². The standard InChI is InChI=1S/C11H23NO3S/c1-10(13)9-11-5-3-6-12(11)7-4-8-16(2,14)15/h10-11,13H,3-9H2,1-2H3. The predicted octanol–water partition coefficient (Wildman–Crippen LogP) is 0.656. The van der Waals surface area contributed by atoms with E-state index in [-0.39, 0.29) is 11.9 Å². The molecule has 5 heteroatoms. The van der Waals surface area contributed by atoms with Gasteiger partial charge in [-0.05, 0) is 45.7 Å². The summed E-state index contributed by atoms with van der Waals surface area (Å²) in [5.74, 6) is 0.269. The Kier molecular flexibility index (Phi) is 5.21. The molecule has 1 fully saturated rings. The first-order valence-electron chi connectivity index (χ1n) is 5.98. The van der Waals surface area contributed by atoms with Crippen LogP contribution in [0.3, 0.4) is 0 Å². The molecule has 4 nitrogen and oxygen atoms in total. The second-order valence-corrected chi connectivity index (χ2v) is 7.16. The van der Waals surface area contributed by atoms with Crippen LogP contribution in [-0.4, -0.2) is 55.7 Å². The van der Waals surface area contributed by atoms with Crippen LogP contribution in [-0.2, 0) is 9.84 Å². The third kappa shape index (κ3) is 5.27. The van der Waals surface area contributed by atoms with Crippen molar-refractivity contribution in [2.75, 3.05) is 25.1 Å². The minimum absolute atomic E-state index is 0.263. The van der Waals surface area contributed by atoms with Crippen molar-refractivity contribution < 1.29 is 13.5 Å². The summed E-state index contributed by atoms with van der Waals surface area (Å²) in [6, 6.07) is 0.444. The molecule has 1 heterocycles. The van der Waals surface area contributed by atoms with Crippen molar-refractivity contribution in [3.63, 3.8) is 0 Å². The summed E-state index contributed by atoms with van der Waals surface area (Å²) in [5, 5.41) is 9.36. The van der Waals surface area contributed by atoms with Gasteiger partial charge in [-0.2, -0.15) is 0 Å². The zero-order chi connectivity index (χ0) is 12.2. The third-order valence-electron chi connectivity index (χ3n) is 3.07. The lowest BCUT2D eigenvalue weighted by molar-refractivity contribution is 0.134. The molecule has 0 bridgehead atoms. The van der Waals surface area contributed by atoms with Crippen molar-refractivity contribution in [2.24, 2.45) is 0 Å². The fraction of sp³-hybridized carbons (Fsp3) is 1.00. The highest BCUT2D eigenvalue weighted by molar-refractivity contribution is 7.90. The zero-order valence-electron chi connectivity index (χ0n) is 10.2. The third-order valence-corrected chi connectivity index (χ3v) is 4.10. The molecule has 1 aliphatic rings. The van der Waals surface area contributed by atoms with E-state index in [0.717, 1.165) is 32.4 Å². The molecular weight excluding hydrogens is 226 g/mol. The molecule has 0 aromatic carbocycles. The normalized spacial score (nSPS) is 24.8. The van der Waals surface area contributed by atoms with E-state index in [4.69, 9.17) is 0 Å². The van der Waals surface area contributed by atoms with Gasteiger partial charge in [0.15, 0.2) is 0 Å². The first-order valence-corrected chi connectivity index (χ1v) is 8.04. The molecule has 0 spiro atoms. The van der Waals surface area contributed by atoms with Crippen molar-refractivity contribution in [3.8, 4) is 0 Å². The molecule has 1 saturated heterocycles. The van der Waals surface area contributed by atoms with Gasteiger partial charge in [-0.15, -0.1) is 0 Å². The Hall–Kier alpha value is -0.130. The molecule has 2 unspecified atom stereocenters. The molecular formula is C11H23NO3S. The van der Waals surface area contributed by atoms with Gasteiger partial charge in [-0.3, -0.25) is 0 Å². The Morgan fingerprint density at radius 1 is 1.50 bits per heavy atom. The highest BCUT2D eigenvalue weighted by Crippen LogP contribution is 2.21. The number of rotatable bonds is 6. The molecule has 0 aromatic heterocycles. The van der Waals surface area contributed by atoms with E-state index in [9.17, 15) is 13.5 Å². The quantitative estimate of drug-likeness (QED) is 0.751. The van der Waals surface area contributed by atoms with Gasteiger partial charge >= 0.3 is 0 Å². The van der Waals surface area contributed by atoms with Gasteiger partial charge in [0.05, 0.1) is 11.9 Å². The van der Waals surface area contributed by atoms with Crippen molar-refractivity contribution in [2.45, 2.75) is 44.8 Å². The number of hydrogen-bond donors (Lipinski definition) is 1. The van der Waals surface area contributed by atoms with Crippen molar-refractivity contribution in [3.05, 3.63) is 0 Å². The number of nitrogens with zero attached hydrogens (tertiary/aromatic N) is 1. The SMILES string of the molecule is CC(O)CC1CCCN1CCCS(C)(=O)=O. The maximum Gasteiger partial charge on any atom is 0.147 e. The van der Waals surface area contributed by atoms with Crippen LogP contribution < -0.4 is 0 Å². The zero-order valence-corrected chi connectivity index (χ0v) is 11.0. The maximum absolute atomic E-state index is 11.0. The smallest absolute Gasteiger partial charge is 0.147 e. The Bertz CT molecular complexity index is 300. The van der Waals surface area contributed by atoms with Crippen LogP contribution in [0.5, 0.6) is 0 Å². The summed E-state index contributed by atoms with van der Waals surface area (Å²) in [6.45, 7) is 3.69. The predicted molar refractivity (Wildman–Crippen MR) is 65.2 cm³/mol. The number of likely N-dealkylation sites (tertiary alicyclic amines) is 1. The van der Waals surface area contributed by atoms with Crippen LogP contribution in [0.1, 0.15) is 32.6 Å². The van der Waals surface area contributed by atoms with Crippen LogP contribution in [0.2, 0.25) is 0 Å². The van der Waals surface area contributed by atoms with Crippen molar-refractivity contribution >= 4 is 9.84 Å². The lowest BCUT2D eigenvalue weighted by atomic mass is 10.1. The molecule has 2 atom stereocenters. The first kappa shape index (κ1) is 13.9. The average molecular weight is 249 g/mol. The minimum atomic E-state index is -2.83. The second-order valence-electron chi connectivity index (χ2n) is 4.90. The highest BCUT2D eigenvalue weighted by Gasteiger charge is 2.25. The molecule has 0 amide bonds. The van der Waals surface area contributed by atoms with Crippen LogP contribution in [0, 0.1) is 0 Å². The summed E-state index contributed by atoms with van der Waals surface area (Å²) >= 11 is 0. The second kappa shape index (κ2) is 5.98. The van der Waals surface area contributed by atoms with Gasteiger partial charge in [0.2, 0.25) is 0 Å². The molecule has 96 valence electrons. The Labute approximate surface area is 98.6 Å². The van der Waals surface area contributed by atoms with E-state index in [0.29, 0.717) is 12.5 Å². The van der Waals surface area contributed by atoms with E-state index >= 15 is 0 Å². The van der Waals surface area contributed by atoms with Gasteiger partial charge in [0.25, 0.3) is 0 Å². The van der Waals surface area contributed by atoms with Gasteiger partial charge in [0.1, 0.15) is 9.84 Å². The fourth-order valence-corrected chi connectivity index (χ4v) is 3.03. The topological polar surface area (TPSA) is 57.6 Å². The van der Waals surface area contributed by atoms with Gasteiger partial charge < -0.3 is 10.0 Å². The molecule has 16 heavy (non-hydrogen) atoms. The van der Waals surface area contributed by atoms with Crippen LogP contribution in [0.25, 0.3) is 0 Å². The maximum atomic E-state index is 11.0. The lowest BCUT2D eigenvalue weighted by Crippen LogP contribution is -2.33. The lowest BCUT2D eigenvalue weighted by Gasteiger charge is -2.25. The molecule has 0 saturated carbocycles. The number of aliphatic hydroxyl groups excluding tert-OH is 1. The van der Waals surface area contributed by atoms with Crippen molar-refractivity contribution in [1.82, 2.24) is 4.90 Å². The summed E-state index contributed by atoms with van der Waals surface area (Å²) in [7, 11) is -2.83. The van der Waals surface area contributed by atoms with Gasteiger partial charge in [-0.25, -0.2) is 8.42 Å². The summed E-state index contributed by atoms with van der Waals surface area (Å²) in [5.41, 5.74) is 0. The number of sulfone groups is 1. The van der Waals surface area contributed by atoms with Gasteiger partial charge in [0, 0.05) is 12.3 Å². The van der Waals surface area contributed by atoms with E-state index < -0.39 is 9.84 Å². The molecule has 0 aromatic rings. The summed E-state index contributed by atoms with van der Waals surface area (Å²) in [6.07, 6.45) is 4.82. The molecule has 0 radical (unpaired) electrons. The van der Waals surface area contributed by atoms with E-state index in [1.165, 1.54) is 6.26 Å². The van der Waals surface area contributed by atoms with Crippen LogP contribution >= 0.6 is 0 Å². The summed E-state index contributed by atoms with van der Waals surface area (Å²) < 4.78 is 22.0. The Balaban J connectivity index is 2.30. The van der Waals surface area contributed by atoms with Crippen molar-refractivity contribution in [1.29, 1.82) is 0 Å². The fourth-order valence-electron chi connectivity index (χ4n) is 2.38. The minimum Gasteiger partial charge on any atom is -0.393 e. The summed E-state index contributed by atoms with van der Waals surface area (Å²) in [4.78, 5) is 2.32. The Morgan fingerprint density at radius 3 is 2.75 bits per heavy atom. The Morgan fingerprint density at radius 2 is 2.19 bits per heavy atom. The number of aliphatic hydroxyl groups is 1. The van der Waals surface area contributed by atoms with E-state index in [1.807, 2.05) is 6.92 Å². The van der Waals surface area contributed by atoms with Crippen LogP contribution in [0.4, 0.5) is 0 Å². The molecule has 0 aliphatic carbocycles. The largest absolute Gasteiger partial charge is 0.393 e. The highest BCUT2D eigenvalue weighted by atomic mass is 32.2. The molecule has 1 aliphatic heterocycles. The monoisotopic (exact) mass is 249 g/mol. The first-order chi connectivity index (χ1) is 7.38.